The van der Waals surface area contributed by atoms with E-state index in [1.165, 1.54) is 19.8 Å². The molecule has 0 spiro atoms. The van der Waals surface area contributed by atoms with Crippen LogP contribution in [0.2, 0.25) is 0 Å². The first kappa shape index (κ1) is 20.6. The second kappa shape index (κ2) is 8.90. The van der Waals surface area contributed by atoms with E-state index in [1.807, 2.05) is 31.2 Å². The van der Waals surface area contributed by atoms with Crippen LogP contribution in [0.15, 0.2) is 64.9 Å². The third-order valence-electron chi connectivity index (χ3n) is 5.44. The van der Waals surface area contributed by atoms with Gasteiger partial charge in [-0.25, -0.2) is 4.79 Å². The van der Waals surface area contributed by atoms with Crippen molar-refractivity contribution in [3.63, 3.8) is 0 Å². The fourth-order valence-corrected chi connectivity index (χ4v) is 3.64. The maximum Gasteiger partial charge on any atom is 0.360 e. The Morgan fingerprint density at radius 1 is 1.07 bits per heavy atom. The van der Waals surface area contributed by atoms with Crippen molar-refractivity contribution in [1.29, 1.82) is 0 Å². The molecule has 0 saturated heterocycles. The number of methoxy groups -OCH3 is 1. The third-order valence-corrected chi connectivity index (χ3v) is 5.44. The lowest BCUT2D eigenvalue weighted by Gasteiger charge is -2.12. The highest BCUT2D eigenvalue weighted by Crippen LogP contribution is 2.54. The molecule has 0 bridgehead atoms. The second-order valence-electron chi connectivity index (χ2n) is 7.32. The number of benzene rings is 2. The molecular formula is C23H26N2O4. The zero-order valence-corrected chi connectivity index (χ0v) is 17.2. The summed E-state index contributed by atoms with van der Waals surface area (Å²) in [6, 6.07) is 17.8. The van der Waals surface area contributed by atoms with Crippen LogP contribution >= 0.6 is 0 Å². The lowest BCUT2D eigenvalue weighted by molar-refractivity contribution is -0.132. The number of esters is 1. The maximum atomic E-state index is 12.0. The molecule has 6 nitrogen and oxygen atoms in total. The van der Waals surface area contributed by atoms with E-state index in [9.17, 15) is 4.79 Å². The first-order valence-electron chi connectivity index (χ1n) is 9.51. The van der Waals surface area contributed by atoms with Crippen LogP contribution in [-0.4, -0.2) is 31.6 Å². The standard InChI is InChI=1S/C23H26N2O4/c1-16(20-14-23(20,2)18-11-6-5-7-12-18)24-29-15-17-10-8-9-13-19(17)21(25-28-4)22(26)27-3/h5-13,20H,14-15H2,1-4H3. The molecule has 2 aromatic rings. The van der Waals surface area contributed by atoms with Crippen molar-refractivity contribution in [2.75, 3.05) is 14.2 Å². The van der Waals surface area contributed by atoms with Crippen molar-refractivity contribution in [1.82, 2.24) is 0 Å². The van der Waals surface area contributed by atoms with E-state index >= 15 is 0 Å². The summed E-state index contributed by atoms with van der Waals surface area (Å²) in [5.74, 6) is -0.212. The van der Waals surface area contributed by atoms with E-state index in [1.54, 1.807) is 6.07 Å². The van der Waals surface area contributed by atoms with Gasteiger partial charge in [0.25, 0.3) is 0 Å². The van der Waals surface area contributed by atoms with Crippen LogP contribution in [0.25, 0.3) is 0 Å². The number of rotatable bonds is 8. The molecule has 1 saturated carbocycles. The highest BCUT2D eigenvalue weighted by Gasteiger charge is 2.52. The predicted octanol–water partition coefficient (Wildman–Crippen LogP) is 4.08. The number of carbonyl (C=O) groups is 1. The van der Waals surface area contributed by atoms with E-state index in [0.717, 1.165) is 17.7 Å². The Balaban J connectivity index is 1.70. The molecule has 3 rings (SSSR count). The average Bonchev–Trinajstić information content (AvgIpc) is 3.46. The van der Waals surface area contributed by atoms with E-state index in [-0.39, 0.29) is 17.7 Å². The minimum Gasteiger partial charge on any atom is -0.464 e. The van der Waals surface area contributed by atoms with E-state index in [0.29, 0.717) is 11.5 Å². The number of hydrogen-bond donors (Lipinski definition) is 0. The van der Waals surface area contributed by atoms with Crippen LogP contribution in [0.3, 0.4) is 0 Å². The summed E-state index contributed by atoms with van der Waals surface area (Å²) in [6.45, 7) is 4.46. The summed E-state index contributed by atoms with van der Waals surface area (Å²) in [6.07, 6.45) is 1.05. The molecule has 29 heavy (non-hydrogen) atoms. The fourth-order valence-electron chi connectivity index (χ4n) is 3.64. The molecule has 1 aliphatic rings. The topological polar surface area (TPSA) is 69.5 Å². The molecular weight excluding hydrogens is 368 g/mol. The molecule has 0 radical (unpaired) electrons. The summed E-state index contributed by atoms with van der Waals surface area (Å²) >= 11 is 0. The molecule has 1 aliphatic carbocycles. The van der Waals surface area contributed by atoms with Crippen molar-refractivity contribution in [2.45, 2.75) is 32.3 Å². The van der Waals surface area contributed by atoms with Crippen molar-refractivity contribution >= 4 is 17.4 Å². The van der Waals surface area contributed by atoms with Crippen molar-refractivity contribution in [3.05, 3.63) is 71.3 Å². The summed E-state index contributed by atoms with van der Waals surface area (Å²) in [4.78, 5) is 22.5. The smallest absolute Gasteiger partial charge is 0.360 e. The van der Waals surface area contributed by atoms with E-state index in [2.05, 4.69) is 41.5 Å². The summed E-state index contributed by atoms with van der Waals surface area (Å²) in [5, 5.41) is 8.15. The van der Waals surface area contributed by atoms with Gasteiger partial charge < -0.3 is 14.4 Å². The Labute approximate surface area is 171 Å². The van der Waals surface area contributed by atoms with Gasteiger partial charge in [-0.2, -0.15) is 0 Å². The Morgan fingerprint density at radius 3 is 2.45 bits per heavy atom. The van der Waals surface area contributed by atoms with Crippen molar-refractivity contribution < 1.29 is 19.2 Å². The van der Waals surface area contributed by atoms with Gasteiger partial charge in [0.1, 0.15) is 13.7 Å². The van der Waals surface area contributed by atoms with Gasteiger partial charge >= 0.3 is 5.97 Å². The van der Waals surface area contributed by atoms with Crippen molar-refractivity contribution in [2.24, 2.45) is 16.2 Å². The monoisotopic (exact) mass is 394 g/mol. The van der Waals surface area contributed by atoms with Gasteiger partial charge in [-0.1, -0.05) is 71.8 Å². The average molecular weight is 394 g/mol. The van der Waals surface area contributed by atoms with Gasteiger partial charge in [-0.3, -0.25) is 0 Å². The van der Waals surface area contributed by atoms with Gasteiger partial charge in [0.2, 0.25) is 0 Å². The Bertz CT molecular complexity index is 923. The zero-order chi connectivity index (χ0) is 20.9. The van der Waals surface area contributed by atoms with E-state index < -0.39 is 5.97 Å². The number of ether oxygens (including phenoxy) is 1. The number of nitrogens with zero attached hydrogens (tertiary/aromatic N) is 2. The Morgan fingerprint density at radius 2 is 1.76 bits per heavy atom. The molecule has 152 valence electrons. The Hall–Kier alpha value is -3.15. The fraction of sp³-hybridized carbons (Fsp3) is 0.348. The third kappa shape index (κ3) is 4.47. The maximum absolute atomic E-state index is 12.0. The molecule has 0 N–H and O–H groups in total. The lowest BCUT2D eigenvalue weighted by atomic mass is 9.94. The van der Waals surface area contributed by atoms with Crippen LogP contribution < -0.4 is 0 Å². The van der Waals surface area contributed by atoms with Gasteiger partial charge in [0.15, 0.2) is 5.71 Å². The molecule has 1 fully saturated rings. The summed E-state index contributed by atoms with van der Waals surface area (Å²) < 4.78 is 4.80. The SMILES string of the molecule is CON=C(C(=O)OC)c1ccccc1CON=C(C)C1CC1(C)c1ccccc1. The van der Waals surface area contributed by atoms with E-state index in [4.69, 9.17) is 14.4 Å². The molecule has 6 heteroatoms. The molecule has 0 aliphatic heterocycles. The number of carbonyl (C=O) groups excluding carboxylic acids is 1. The number of oxime groups is 2. The Kier molecular flexibility index (Phi) is 6.32. The molecule has 0 heterocycles. The zero-order valence-electron chi connectivity index (χ0n) is 17.2. The quantitative estimate of drug-likeness (QED) is 0.384. The number of hydrogen-bond acceptors (Lipinski definition) is 6. The highest BCUT2D eigenvalue weighted by molar-refractivity contribution is 6.43. The van der Waals surface area contributed by atoms with Crippen LogP contribution in [0.5, 0.6) is 0 Å². The highest BCUT2D eigenvalue weighted by atomic mass is 16.6. The van der Waals surface area contributed by atoms with Crippen LogP contribution in [-0.2, 0) is 31.2 Å². The van der Waals surface area contributed by atoms with Crippen LogP contribution in [0, 0.1) is 5.92 Å². The predicted molar refractivity (Wildman–Crippen MR) is 112 cm³/mol. The minimum absolute atomic E-state index is 0.0914. The van der Waals surface area contributed by atoms with Gasteiger partial charge in [0.05, 0.1) is 12.8 Å². The molecule has 2 aromatic carbocycles. The summed E-state index contributed by atoms with van der Waals surface area (Å²) in [7, 11) is 2.69. The summed E-state index contributed by atoms with van der Waals surface area (Å²) in [5.41, 5.74) is 3.85. The minimum atomic E-state index is -0.574. The van der Waals surface area contributed by atoms with Crippen LogP contribution in [0.1, 0.15) is 37.0 Å². The van der Waals surface area contributed by atoms with Gasteiger partial charge in [-0.05, 0) is 18.9 Å². The molecule has 2 unspecified atom stereocenters. The van der Waals surface area contributed by atoms with Gasteiger partial charge in [0, 0.05) is 22.5 Å². The largest absolute Gasteiger partial charge is 0.464 e. The molecule has 0 aromatic heterocycles. The van der Waals surface area contributed by atoms with Gasteiger partial charge in [-0.15, -0.1) is 0 Å². The molecule has 0 amide bonds. The van der Waals surface area contributed by atoms with Crippen molar-refractivity contribution in [3.8, 4) is 0 Å². The molecule has 2 atom stereocenters. The normalized spacial score (nSPS) is 21.4. The first-order valence-corrected chi connectivity index (χ1v) is 9.51. The second-order valence-corrected chi connectivity index (χ2v) is 7.32. The first-order chi connectivity index (χ1) is 14.0. The lowest BCUT2D eigenvalue weighted by Crippen LogP contribution is -2.19. The van der Waals surface area contributed by atoms with Crippen LogP contribution in [0.4, 0.5) is 0 Å².